The number of ether oxygens (including phenoxy) is 1. The molecule has 0 heterocycles. The number of aldehydes is 1. The van der Waals surface area contributed by atoms with Crippen LogP contribution >= 0.6 is 0 Å². The van der Waals surface area contributed by atoms with Crippen molar-refractivity contribution in [2.75, 3.05) is 0 Å². The SMILES string of the molecule is CCC(O[Si](C)(C)C(CC)(CC)Cc1ccccc1OC(=O)c1ccc(C(C)(C)c2ccc(C=O)cc2)cc1)[Si](C)(C)Cc1ccccc1O. The van der Waals surface area contributed by atoms with E-state index in [2.05, 4.69) is 66.9 Å². The highest BCUT2D eigenvalue weighted by atomic mass is 28.4. The Balaban J connectivity index is 1.54. The minimum atomic E-state index is -2.36. The first-order valence-corrected chi connectivity index (χ1v) is 24.2. The average molecular weight is 709 g/mol. The maximum absolute atomic E-state index is 13.6. The van der Waals surface area contributed by atoms with E-state index >= 15 is 0 Å². The second kappa shape index (κ2) is 16.0. The third kappa shape index (κ3) is 8.56. The molecule has 0 aliphatic heterocycles. The van der Waals surface area contributed by atoms with Crippen molar-refractivity contribution in [2.45, 2.75) is 109 Å². The maximum Gasteiger partial charge on any atom is 0.343 e. The molecule has 0 aliphatic carbocycles. The highest BCUT2D eigenvalue weighted by molar-refractivity contribution is 6.80. The van der Waals surface area contributed by atoms with Crippen molar-refractivity contribution in [2.24, 2.45) is 0 Å². The Morgan fingerprint density at radius 3 is 1.86 bits per heavy atom. The number of rotatable bonds is 16. The number of benzene rings is 4. The van der Waals surface area contributed by atoms with Crippen molar-refractivity contribution in [3.05, 3.63) is 130 Å². The van der Waals surface area contributed by atoms with Gasteiger partial charge < -0.3 is 14.3 Å². The highest BCUT2D eigenvalue weighted by Gasteiger charge is 2.49. The Kier molecular flexibility index (Phi) is 12.5. The van der Waals surface area contributed by atoms with E-state index in [4.69, 9.17) is 9.16 Å². The molecule has 1 N–H and O–H groups in total. The number of esters is 1. The molecule has 0 amide bonds. The molecule has 0 spiro atoms. The topological polar surface area (TPSA) is 72.8 Å². The van der Waals surface area contributed by atoms with E-state index < -0.39 is 16.4 Å². The molecule has 5 nitrogen and oxygen atoms in total. The molecule has 0 saturated carbocycles. The van der Waals surface area contributed by atoms with Gasteiger partial charge in [-0.1, -0.05) is 133 Å². The first-order chi connectivity index (χ1) is 23.6. The van der Waals surface area contributed by atoms with Crippen LogP contribution in [0.5, 0.6) is 11.5 Å². The van der Waals surface area contributed by atoms with Crippen molar-refractivity contribution in [3.63, 3.8) is 0 Å². The summed E-state index contributed by atoms with van der Waals surface area (Å²) in [5.74, 6) is 0.574. The summed E-state index contributed by atoms with van der Waals surface area (Å²) in [6.45, 7) is 20.5. The molecule has 0 aliphatic rings. The van der Waals surface area contributed by atoms with Gasteiger partial charge in [0, 0.05) is 16.7 Å². The predicted molar refractivity (Wildman–Crippen MR) is 211 cm³/mol. The van der Waals surface area contributed by atoms with Crippen molar-refractivity contribution < 1.29 is 23.9 Å². The van der Waals surface area contributed by atoms with Crippen LogP contribution in [0.3, 0.4) is 0 Å². The molecule has 0 radical (unpaired) electrons. The fraction of sp³-hybridized carbons (Fsp3) is 0.395. The molecule has 4 aromatic rings. The van der Waals surface area contributed by atoms with Crippen molar-refractivity contribution in [1.82, 2.24) is 0 Å². The lowest BCUT2D eigenvalue weighted by Crippen LogP contribution is -2.55. The molecule has 0 fully saturated rings. The lowest BCUT2D eigenvalue weighted by atomic mass is 9.78. The third-order valence-electron chi connectivity index (χ3n) is 11.3. The summed E-state index contributed by atoms with van der Waals surface area (Å²) in [5, 5.41) is 10.5. The van der Waals surface area contributed by atoms with Gasteiger partial charge in [-0.3, -0.25) is 4.79 Å². The van der Waals surface area contributed by atoms with Gasteiger partial charge in [-0.2, -0.15) is 0 Å². The molecular weight excluding hydrogens is 653 g/mol. The van der Waals surface area contributed by atoms with Gasteiger partial charge in [0.25, 0.3) is 0 Å². The lowest BCUT2D eigenvalue weighted by molar-refractivity contribution is 0.0732. The van der Waals surface area contributed by atoms with Crippen LogP contribution in [0, 0.1) is 0 Å². The molecule has 0 saturated heterocycles. The van der Waals surface area contributed by atoms with Gasteiger partial charge >= 0.3 is 5.97 Å². The smallest absolute Gasteiger partial charge is 0.343 e. The number of phenols is 1. The van der Waals surface area contributed by atoms with E-state index in [1.807, 2.05) is 84.9 Å². The fourth-order valence-electron chi connectivity index (χ4n) is 7.55. The van der Waals surface area contributed by atoms with Crippen molar-refractivity contribution in [1.29, 1.82) is 0 Å². The summed E-state index contributed by atoms with van der Waals surface area (Å²) in [7, 11) is -4.31. The van der Waals surface area contributed by atoms with E-state index in [-0.39, 0.29) is 22.1 Å². The Hall–Kier alpha value is -3.79. The van der Waals surface area contributed by atoms with Gasteiger partial charge in [-0.25, -0.2) is 4.79 Å². The molecule has 1 unspecified atom stereocenters. The lowest BCUT2D eigenvalue weighted by Gasteiger charge is -2.48. The molecule has 0 bridgehead atoms. The van der Waals surface area contributed by atoms with Crippen LogP contribution < -0.4 is 4.74 Å². The normalized spacial score (nSPS) is 13.1. The molecule has 0 aromatic heterocycles. The number of carbonyl (C=O) groups excluding carboxylic acids is 2. The number of carbonyl (C=O) groups is 2. The van der Waals surface area contributed by atoms with Gasteiger partial charge in [0.05, 0.1) is 13.6 Å². The van der Waals surface area contributed by atoms with Crippen molar-refractivity contribution >= 4 is 28.6 Å². The molecule has 4 rings (SSSR count). The van der Waals surface area contributed by atoms with E-state index in [1.54, 1.807) is 6.07 Å². The Morgan fingerprint density at radius 1 is 0.780 bits per heavy atom. The summed E-state index contributed by atoms with van der Waals surface area (Å²) in [4.78, 5) is 24.7. The summed E-state index contributed by atoms with van der Waals surface area (Å²) in [6.07, 6.45) is 4.46. The molecule has 7 heteroatoms. The minimum absolute atomic E-state index is 0.0839. The second-order valence-electron chi connectivity index (χ2n) is 15.4. The molecule has 4 aromatic carbocycles. The second-order valence-corrected chi connectivity index (χ2v) is 24.7. The number of para-hydroxylation sites is 2. The van der Waals surface area contributed by atoms with Crippen LogP contribution in [0.25, 0.3) is 0 Å². The zero-order valence-corrected chi connectivity index (χ0v) is 33.5. The number of phenolic OH excluding ortho intramolecular Hbond substituents is 1. The van der Waals surface area contributed by atoms with E-state index in [0.29, 0.717) is 22.6 Å². The molecule has 1 atom stereocenters. The average Bonchev–Trinajstić information content (AvgIpc) is 3.11. The maximum atomic E-state index is 13.6. The fourth-order valence-corrected chi connectivity index (χ4v) is 15.8. The van der Waals surface area contributed by atoms with E-state index in [9.17, 15) is 14.7 Å². The Morgan fingerprint density at radius 2 is 1.32 bits per heavy atom. The number of aromatic hydroxyl groups is 1. The van der Waals surface area contributed by atoms with Gasteiger partial charge in [0.15, 0.2) is 8.32 Å². The minimum Gasteiger partial charge on any atom is -0.508 e. The summed E-state index contributed by atoms with van der Waals surface area (Å²) >= 11 is 0. The van der Waals surface area contributed by atoms with Crippen LogP contribution in [-0.2, 0) is 22.3 Å². The van der Waals surface area contributed by atoms with Gasteiger partial charge in [-0.15, -0.1) is 0 Å². The monoisotopic (exact) mass is 708 g/mol. The van der Waals surface area contributed by atoms with Crippen LogP contribution in [-0.4, -0.2) is 39.5 Å². The molecular formula is C43H56O5Si2. The quantitative estimate of drug-likeness (QED) is 0.0543. The van der Waals surface area contributed by atoms with Crippen LogP contribution in [0.2, 0.25) is 31.2 Å². The zero-order valence-electron chi connectivity index (χ0n) is 31.5. The van der Waals surface area contributed by atoms with Crippen LogP contribution in [0.4, 0.5) is 0 Å². The number of hydrogen-bond donors (Lipinski definition) is 1. The predicted octanol–water partition coefficient (Wildman–Crippen LogP) is 10.9. The Labute approximate surface area is 302 Å². The first kappa shape index (κ1) is 39.0. The van der Waals surface area contributed by atoms with Gasteiger partial charge in [-0.05, 0) is 83.5 Å². The van der Waals surface area contributed by atoms with E-state index in [1.165, 1.54) is 0 Å². The highest BCUT2D eigenvalue weighted by Crippen LogP contribution is 2.50. The molecule has 266 valence electrons. The summed E-state index contributed by atoms with van der Waals surface area (Å²) in [6, 6.07) is 31.7. The first-order valence-electron chi connectivity index (χ1n) is 18.0. The van der Waals surface area contributed by atoms with Crippen LogP contribution in [0.15, 0.2) is 97.1 Å². The zero-order chi connectivity index (χ0) is 36.7. The van der Waals surface area contributed by atoms with Crippen LogP contribution in [0.1, 0.15) is 96.9 Å². The summed E-state index contributed by atoms with van der Waals surface area (Å²) in [5.41, 5.74) is 5.15. The van der Waals surface area contributed by atoms with Crippen molar-refractivity contribution in [3.8, 4) is 11.5 Å². The van der Waals surface area contributed by atoms with Gasteiger partial charge in [0.1, 0.15) is 17.8 Å². The molecule has 50 heavy (non-hydrogen) atoms. The van der Waals surface area contributed by atoms with Gasteiger partial charge in [0.2, 0.25) is 0 Å². The largest absolute Gasteiger partial charge is 0.508 e. The Bertz CT molecular complexity index is 1740. The standard InChI is InChI=1S/C43H56O5Si2/c1-10-40(49(6,7)31-35-18-13-15-19-38(35)45)48-50(8,9)43(11-2,12-3)29-34-17-14-16-20-39(34)47-41(46)33-23-27-37(28-24-33)42(4,5)36-25-21-32(30-44)22-26-36/h13-28,30,40,45H,10-12,29,31H2,1-9H3. The third-order valence-corrected chi connectivity index (χ3v) is 19.4. The van der Waals surface area contributed by atoms with E-state index in [0.717, 1.165) is 60.3 Å². The summed E-state index contributed by atoms with van der Waals surface area (Å²) < 4.78 is 13.5. The number of hydrogen-bond acceptors (Lipinski definition) is 5.